The van der Waals surface area contributed by atoms with Crippen LogP contribution in [-0.4, -0.2) is 0 Å². The molecule has 1 unspecified atom stereocenters. The Kier molecular flexibility index (Phi) is 4.43. The number of alkyl halides is 1. The molecular formula is C12H15Br2ClS. The molecule has 0 aromatic carbocycles. The first kappa shape index (κ1) is 13.4. The first-order valence-electron chi connectivity index (χ1n) is 5.68. The van der Waals surface area contributed by atoms with Gasteiger partial charge < -0.3 is 0 Å². The highest BCUT2D eigenvalue weighted by Crippen LogP contribution is 2.56. The molecule has 1 aliphatic rings. The third kappa shape index (κ3) is 2.38. The summed E-state index contributed by atoms with van der Waals surface area (Å²) >= 11 is 15.3. The summed E-state index contributed by atoms with van der Waals surface area (Å²) in [7, 11) is 0. The average molecular weight is 387 g/mol. The van der Waals surface area contributed by atoms with Crippen molar-refractivity contribution in [2.45, 2.75) is 43.9 Å². The largest absolute Gasteiger partial charge is 0.130 e. The summed E-state index contributed by atoms with van der Waals surface area (Å²) in [6.07, 6.45) is 6.67. The van der Waals surface area contributed by atoms with Crippen molar-refractivity contribution in [3.63, 3.8) is 0 Å². The van der Waals surface area contributed by atoms with E-state index in [2.05, 4.69) is 44.8 Å². The maximum absolute atomic E-state index is 6.11. The van der Waals surface area contributed by atoms with E-state index in [1.165, 1.54) is 37.0 Å². The van der Waals surface area contributed by atoms with Gasteiger partial charge in [0, 0.05) is 4.88 Å². The number of thiophene rings is 1. The molecule has 0 bridgehead atoms. The molecule has 1 heterocycles. The van der Waals surface area contributed by atoms with Gasteiger partial charge in [-0.15, -0.1) is 11.3 Å². The van der Waals surface area contributed by atoms with Crippen LogP contribution in [-0.2, 0) is 0 Å². The number of hydrogen-bond acceptors (Lipinski definition) is 1. The molecule has 0 saturated heterocycles. The summed E-state index contributed by atoms with van der Waals surface area (Å²) in [5, 5.41) is 0.841. The molecule has 0 aliphatic heterocycles. The fourth-order valence-electron chi connectivity index (χ4n) is 2.66. The molecule has 1 aromatic heterocycles. The van der Waals surface area contributed by atoms with Gasteiger partial charge in [0.1, 0.15) is 0 Å². The van der Waals surface area contributed by atoms with Crippen molar-refractivity contribution in [2.75, 3.05) is 0 Å². The molecule has 0 spiro atoms. The lowest BCUT2D eigenvalue weighted by molar-refractivity contribution is 0.281. The van der Waals surface area contributed by atoms with Crippen LogP contribution in [0.25, 0.3) is 0 Å². The van der Waals surface area contributed by atoms with E-state index in [1.807, 2.05) is 0 Å². The van der Waals surface area contributed by atoms with E-state index in [0.717, 1.165) is 8.81 Å². The monoisotopic (exact) mass is 384 g/mol. The maximum Gasteiger partial charge on any atom is 0.0887 e. The molecule has 1 saturated carbocycles. The summed E-state index contributed by atoms with van der Waals surface area (Å²) < 4.78 is 1.05. The van der Waals surface area contributed by atoms with Gasteiger partial charge >= 0.3 is 0 Å². The maximum atomic E-state index is 6.11. The van der Waals surface area contributed by atoms with Crippen molar-refractivity contribution < 1.29 is 0 Å². The number of rotatable bonds is 3. The lowest BCUT2D eigenvalue weighted by Gasteiger charge is -2.32. The van der Waals surface area contributed by atoms with Crippen molar-refractivity contribution in [3.05, 3.63) is 19.8 Å². The molecule has 0 amide bonds. The van der Waals surface area contributed by atoms with Crippen LogP contribution < -0.4 is 0 Å². The van der Waals surface area contributed by atoms with E-state index in [0.29, 0.717) is 10.2 Å². The minimum atomic E-state index is 0.452. The summed E-state index contributed by atoms with van der Waals surface area (Å²) in [4.78, 5) is 1.82. The topological polar surface area (TPSA) is 0 Å². The zero-order valence-electron chi connectivity index (χ0n) is 9.23. The van der Waals surface area contributed by atoms with Gasteiger partial charge in [0.2, 0.25) is 0 Å². The van der Waals surface area contributed by atoms with Crippen LogP contribution in [0.3, 0.4) is 0 Å². The second-order valence-corrected chi connectivity index (χ2v) is 8.28. The van der Waals surface area contributed by atoms with Gasteiger partial charge in [-0.1, -0.05) is 47.3 Å². The highest BCUT2D eigenvalue weighted by molar-refractivity contribution is 9.11. The van der Waals surface area contributed by atoms with E-state index in [9.17, 15) is 0 Å². The fraction of sp³-hybridized carbons (Fsp3) is 0.667. The number of hydrogen-bond donors (Lipinski definition) is 0. The molecule has 16 heavy (non-hydrogen) atoms. The van der Waals surface area contributed by atoms with E-state index >= 15 is 0 Å². The zero-order chi connectivity index (χ0) is 11.8. The smallest absolute Gasteiger partial charge is 0.0887 e. The van der Waals surface area contributed by atoms with Gasteiger partial charge in [0.25, 0.3) is 0 Å². The van der Waals surface area contributed by atoms with Crippen LogP contribution in [0.15, 0.2) is 9.85 Å². The quantitative estimate of drug-likeness (QED) is 0.515. The third-order valence-corrected chi connectivity index (χ3v) is 8.06. The molecule has 2 rings (SSSR count). The highest BCUT2D eigenvalue weighted by atomic mass is 79.9. The lowest BCUT2D eigenvalue weighted by Crippen LogP contribution is -2.20. The molecule has 90 valence electrons. The Balaban J connectivity index is 2.26. The van der Waals surface area contributed by atoms with Gasteiger partial charge in [-0.2, -0.15) is 0 Å². The van der Waals surface area contributed by atoms with Gasteiger partial charge in [0.15, 0.2) is 0 Å². The Morgan fingerprint density at radius 3 is 2.56 bits per heavy atom. The minimum Gasteiger partial charge on any atom is -0.130 e. The van der Waals surface area contributed by atoms with Crippen molar-refractivity contribution in [1.82, 2.24) is 0 Å². The molecule has 0 nitrogen and oxygen atoms in total. The Bertz CT molecular complexity index is 350. The van der Waals surface area contributed by atoms with Gasteiger partial charge in [-0.25, -0.2) is 0 Å². The normalized spacial score (nSPS) is 21.2. The molecule has 0 N–H and O–H groups in total. The molecule has 1 atom stereocenters. The van der Waals surface area contributed by atoms with Crippen molar-refractivity contribution >= 4 is 54.8 Å². The molecular weight excluding hydrogens is 371 g/mol. The van der Waals surface area contributed by atoms with Crippen LogP contribution in [0.2, 0.25) is 5.02 Å². The molecule has 1 aliphatic carbocycles. The van der Waals surface area contributed by atoms with Gasteiger partial charge in [-0.05, 0) is 46.7 Å². The third-order valence-electron chi connectivity index (χ3n) is 3.76. The van der Waals surface area contributed by atoms with Crippen LogP contribution >= 0.6 is 54.8 Å². The molecule has 4 heteroatoms. The summed E-state index contributed by atoms with van der Waals surface area (Å²) in [6, 6.07) is 2.10. The molecule has 1 fully saturated rings. The predicted octanol–water partition coefficient (Wildman–Crippen LogP) is 6.57. The lowest BCUT2D eigenvalue weighted by atomic mass is 9.79. The Morgan fingerprint density at radius 1 is 1.50 bits per heavy atom. The van der Waals surface area contributed by atoms with Crippen LogP contribution in [0.1, 0.15) is 48.7 Å². The van der Waals surface area contributed by atoms with Gasteiger partial charge in [-0.3, -0.25) is 0 Å². The second-order valence-electron chi connectivity index (χ2n) is 4.56. The fourth-order valence-corrected chi connectivity index (χ4v) is 5.72. The van der Waals surface area contributed by atoms with Crippen LogP contribution in [0, 0.1) is 5.41 Å². The van der Waals surface area contributed by atoms with E-state index in [1.54, 1.807) is 11.3 Å². The minimum absolute atomic E-state index is 0.452. The van der Waals surface area contributed by atoms with Crippen molar-refractivity contribution in [3.8, 4) is 0 Å². The first-order valence-corrected chi connectivity index (χ1v) is 8.58. The summed E-state index contributed by atoms with van der Waals surface area (Å²) in [6.45, 7) is 2.31. The number of halogens is 3. The predicted molar refractivity (Wildman–Crippen MR) is 79.9 cm³/mol. The van der Waals surface area contributed by atoms with Crippen molar-refractivity contribution in [2.24, 2.45) is 5.41 Å². The highest BCUT2D eigenvalue weighted by Gasteiger charge is 2.40. The Morgan fingerprint density at radius 2 is 2.12 bits per heavy atom. The standard InChI is InChI=1S/C12H15Br2ClS/c1-2-12(5-3-4-6-12)10(13)9-7-8(15)11(14)16-9/h7,10H,2-6H2,1H3. The second kappa shape index (κ2) is 5.29. The first-order chi connectivity index (χ1) is 7.59. The van der Waals surface area contributed by atoms with Gasteiger partial charge in [0.05, 0.1) is 13.6 Å². The van der Waals surface area contributed by atoms with Crippen molar-refractivity contribution in [1.29, 1.82) is 0 Å². The van der Waals surface area contributed by atoms with E-state index < -0.39 is 0 Å². The summed E-state index contributed by atoms with van der Waals surface area (Å²) in [5.74, 6) is 0. The Labute approximate surface area is 123 Å². The van der Waals surface area contributed by atoms with E-state index in [4.69, 9.17) is 11.6 Å². The molecule has 1 aromatic rings. The molecule has 0 radical (unpaired) electrons. The summed E-state index contributed by atoms with van der Waals surface area (Å²) in [5.41, 5.74) is 0.452. The van der Waals surface area contributed by atoms with E-state index in [-0.39, 0.29) is 0 Å². The Hall–Kier alpha value is 0.950. The SMILES string of the molecule is CCC1(C(Br)c2cc(Cl)c(Br)s2)CCCC1. The van der Waals surface area contributed by atoms with Crippen LogP contribution in [0.5, 0.6) is 0 Å². The zero-order valence-corrected chi connectivity index (χ0v) is 14.0. The average Bonchev–Trinajstić information content (AvgIpc) is 2.87. The van der Waals surface area contributed by atoms with Crippen LogP contribution in [0.4, 0.5) is 0 Å².